The second-order valence-corrected chi connectivity index (χ2v) is 7.13. The van der Waals surface area contributed by atoms with Crippen molar-refractivity contribution in [3.8, 4) is 17.1 Å². The van der Waals surface area contributed by atoms with Gasteiger partial charge < -0.3 is 15.4 Å². The van der Waals surface area contributed by atoms with E-state index in [4.69, 9.17) is 0 Å². The Morgan fingerprint density at radius 1 is 1.27 bits per heavy atom. The Bertz CT molecular complexity index is 1140. The van der Waals surface area contributed by atoms with Crippen molar-refractivity contribution < 1.29 is 9.90 Å². The number of carbonyl (C=O) groups excluding carboxylic acids is 1. The van der Waals surface area contributed by atoms with Crippen LogP contribution in [0.25, 0.3) is 33.5 Å². The number of aromatic hydroxyl groups is 1. The first kappa shape index (κ1) is 16.1. The quantitative estimate of drug-likeness (QED) is 0.443. The zero-order valence-electron chi connectivity index (χ0n) is 14.6. The minimum Gasteiger partial charge on any atom is -0.506 e. The number of phenolic OH excluding ortho intramolecular Hbond substituents is 1. The van der Waals surface area contributed by atoms with Crippen LogP contribution < -0.4 is 5.32 Å². The first-order valence-corrected chi connectivity index (χ1v) is 8.16. The summed E-state index contributed by atoms with van der Waals surface area (Å²) in [5, 5.41) is 20.6. The number of aromatic amines is 2. The average Bonchev–Trinajstić information content (AvgIpc) is 3.17. The van der Waals surface area contributed by atoms with Gasteiger partial charge in [0.25, 0.3) is 5.91 Å². The van der Waals surface area contributed by atoms with E-state index in [1.54, 1.807) is 24.5 Å². The molecule has 4 N–H and O–H groups in total. The standard InChI is InChI=1S/C18H18N6O2/c1-18(2,3)22-17(26)10-7-19-16-15(10)21-11(8-20-16)13-9-5-4-6-12(25)14(9)24-23-13/h4-8,25H,1-3H3,(H,19,20)(H,22,26)(H,23,24). The lowest BCUT2D eigenvalue weighted by Gasteiger charge is -2.19. The minimum absolute atomic E-state index is 0.113. The molecule has 132 valence electrons. The average molecular weight is 350 g/mol. The van der Waals surface area contributed by atoms with Crippen molar-refractivity contribution in [1.82, 2.24) is 30.5 Å². The van der Waals surface area contributed by atoms with Crippen LogP contribution in [0.5, 0.6) is 5.75 Å². The summed E-state index contributed by atoms with van der Waals surface area (Å²) >= 11 is 0. The van der Waals surface area contributed by atoms with Crippen LogP contribution >= 0.6 is 0 Å². The van der Waals surface area contributed by atoms with Gasteiger partial charge in [-0.1, -0.05) is 12.1 Å². The first-order chi connectivity index (χ1) is 12.3. The number of hydrogen-bond acceptors (Lipinski definition) is 5. The molecular weight excluding hydrogens is 332 g/mol. The Morgan fingerprint density at radius 3 is 2.85 bits per heavy atom. The normalized spacial score (nSPS) is 12.0. The second-order valence-electron chi connectivity index (χ2n) is 7.13. The monoisotopic (exact) mass is 350 g/mol. The topological polar surface area (TPSA) is 120 Å². The molecule has 0 bridgehead atoms. The predicted molar refractivity (Wildman–Crippen MR) is 97.9 cm³/mol. The number of amides is 1. The fraction of sp³-hybridized carbons (Fsp3) is 0.222. The molecule has 0 unspecified atom stereocenters. The maximum Gasteiger partial charge on any atom is 0.255 e. The number of aromatic nitrogens is 5. The molecule has 3 heterocycles. The van der Waals surface area contributed by atoms with Crippen molar-refractivity contribution in [3.63, 3.8) is 0 Å². The highest BCUT2D eigenvalue weighted by molar-refractivity contribution is 6.05. The van der Waals surface area contributed by atoms with Gasteiger partial charge in [0, 0.05) is 17.1 Å². The number of carbonyl (C=O) groups is 1. The van der Waals surface area contributed by atoms with E-state index in [1.165, 1.54) is 0 Å². The van der Waals surface area contributed by atoms with E-state index in [9.17, 15) is 9.90 Å². The van der Waals surface area contributed by atoms with Crippen LogP contribution in [-0.4, -0.2) is 41.7 Å². The minimum atomic E-state index is -0.359. The maximum absolute atomic E-state index is 12.5. The third-order valence-electron chi connectivity index (χ3n) is 3.93. The van der Waals surface area contributed by atoms with Crippen molar-refractivity contribution in [3.05, 3.63) is 36.2 Å². The Morgan fingerprint density at radius 2 is 2.08 bits per heavy atom. The second kappa shape index (κ2) is 5.55. The smallest absolute Gasteiger partial charge is 0.255 e. The molecule has 3 aromatic heterocycles. The summed E-state index contributed by atoms with van der Waals surface area (Å²) in [5.41, 5.74) is 2.67. The molecule has 0 atom stereocenters. The Kier molecular flexibility index (Phi) is 3.43. The van der Waals surface area contributed by atoms with Crippen molar-refractivity contribution >= 4 is 28.0 Å². The van der Waals surface area contributed by atoms with Crippen LogP contribution in [0.3, 0.4) is 0 Å². The van der Waals surface area contributed by atoms with Gasteiger partial charge in [0.15, 0.2) is 5.65 Å². The Hall–Kier alpha value is -3.42. The van der Waals surface area contributed by atoms with Gasteiger partial charge in [0.1, 0.15) is 28.2 Å². The van der Waals surface area contributed by atoms with Crippen molar-refractivity contribution in [2.45, 2.75) is 26.3 Å². The summed E-state index contributed by atoms with van der Waals surface area (Å²) in [6, 6.07) is 5.16. The van der Waals surface area contributed by atoms with Crippen LogP contribution in [-0.2, 0) is 0 Å². The molecule has 0 radical (unpaired) electrons. The van der Waals surface area contributed by atoms with Crippen molar-refractivity contribution in [2.75, 3.05) is 0 Å². The van der Waals surface area contributed by atoms with E-state index in [1.807, 2.05) is 26.8 Å². The zero-order valence-corrected chi connectivity index (χ0v) is 14.6. The number of benzene rings is 1. The molecule has 4 rings (SSSR count). The summed E-state index contributed by atoms with van der Waals surface area (Å²) in [6.45, 7) is 5.75. The molecule has 0 fully saturated rings. The number of phenols is 1. The lowest BCUT2D eigenvalue weighted by Crippen LogP contribution is -2.40. The van der Waals surface area contributed by atoms with Gasteiger partial charge in [-0.2, -0.15) is 5.10 Å². The Labute approximate surface area is 148 Å². The van der Waals surface area contributed by atoms with Gasteiger partial charge in [0.2, 0.25) is 0 Å². The summed E-state index contributed by atoms with van der Waals surface area (Å²) < 4.78 is 0. The van der Waals surface area contributed by atoms with Crippen LogP contribution in [0.2, 0.25) is 0 Å². The number of para-hydroxylation sites is 1. The summed E-state index contributed by atoms with van der Waals surface area (Å²) in [5.74, 6) is -0.109. The van der Waals surface area contributed by atoms with E-state index < -0.39 is 0 Å². The lowest BCUT2D eigenvalue weighted by molar-refractivity contribution is 0.0921. The zero-order chi connectivity index (χ0) is 18.5. The maximum atomic E-state index is 12.5. The molecular formula is C18H18N6O2. The van der Waals surface area contributed by atoms with E-state index in [2.05, 4.69) is 30.5 Å². The van der Waals surface area contributed by atoms with Gasteiger partial charge >= 0.3 is 0 Å². The van der Waals surface area contributed by atoms with Gasteiger partial charge in [0.05, 0.1) is 11.8 Å². The highest BCUT2D eigenvalue weighted by Gasteiger charge is 2.21. The van der Waals surface area contributed by atoms with Gasteiger partial charge in [-0.25, -0.2) is 9.97 Å². The SMILES string of the molecule is CC(C)(C)NC(=O)c1c[nH]c2ncc(-c3n[nH]c4c(O)cccc34)nc12. The van der Waals surface area contributed by atoms with Crippen LogP contribution in [0.1, 0.15) is 31.1 Å². The molecule has 1 aromatic carbocycles. The van der Waals surface area contributed by atoms with Crippen molar-refractivity contribution in [2.24, 2.45) is 0 Å². The number of nitrogens with one attached hydrogen (secondary N) is 3. The lowest BCUT2D eigenvalue weighted by atomic mass is 10.1. The molecule has 1 amide bonds. The van der Waals surface area contributed by atoms with E-state index in [0.29, 0.717) is 33.6 Å². The van der Waals surface area contributed by atoms with Crippen LogP contribution in [0.4, 0.5) is 0 Å². The van der Waals surface area contributed by atoms with Crippen LogP contribution in [0.15, 0.2) is 30.6 Å². The van der Waals surface area contributed by atoms with Crippen LogP contribution in [0, 0.1) is 0 Å². The summed E-state index contributed by atoms with van der Waals surface area (Å²) in [6.07, 6.45) is 3.19. The predicted octanol–water partition coefficient (Wildman–Crippen LogP) is 2.74. The van der Waals surface area contributed by atoms with Gasteiger partial charge in [-0.05, 0) is 26.8 Å². The number of H-pyrrole nitrogens is 2. The molecule has 0 aliphatic carbocycles. The van der Waals surface area contributed by atoms with E-state index in [-0.39, 0.29) is 17.2 Å². The number of rotatable bonds is 2. The largest absolute Gasteiger partial charge is 0.506 e. The number of fused-ring (bicyclic) bond motifs is 2. The third kappa shape index (κ3) is 2.65. The first-order valence-electron chi connectivity index (χ1n) is 8.16. The fourth-order valence-electron chi connectivity index (χ4n) is 2.81. The fourth-order valence-corrected chi connectivity index (χ4v) is 2.81. The third-order valence-corrected chi connectivity index (χ3v) is 3.93. The van der Waals surface area contributed by atoms with E-state index in [0.717, 1.165) is 5.39 Å². The number of hydrogen-bond donors (Lipinski definition) is 4. The molecule has 8 heteroatoms. The highest BCUT2D eigenvalue weighted by atomic mass is 16.3. The molecule has 8 nitrogen and oxygen atoms in total. The molecule has 0 saturated carbocycles. The summed E-state index contributed by atoms with van der Waals surface area (Å²) in [7, 11) is 0. The molecule has 0 spiro atoms. The molecule has 0 saturated heterocycles. The summed E-state index contributed by atoms with van der Waals surface area (Å²) in [4.78, 5) is 24.4. The molecule has 0 aliphatic heterocycles. The highest BCUT2D eigenvalue weighted by Crippen LogP contribution is 2.30. The van der Waals surface area contributed by atoms with Crippen molar-refractivity contribution in [1.29, 1.82) is 0 Å². The molecule has 0 aliphatic rings. The van der Waals surface area contributed by atoms with Gasteiger partial charge in [-0.15, -0.1) is 0 Å². The van der Waals surface area contributed by atoms with Gasteiger partial charge in [-0.3, -0.25) is 9.89 Å². The Balaban J connectivity index is 1.83. The van der Waals surface area contributed by atoms with E-state index >= 15 is 0 Å². The molecule has 4 aromatic rings. The molecule has 26 heavy (non-hydrogen) atoms. The number of nitrogens with zero attached hydrogens (tertiary/aromatic N) is 3.